The first kappa shape index (κ1) is 13.1. The van der Waals surface area contributed by atoms with Gasteiger partial charge in [0.15, 0.2) is 0 Å². The zero-order valence-electron chi connectivity index (χ0n) is 12.3. The summed E-state index contributed by atoms with van der Waals surface area (Å²) in [7, 11) is 0. The summed E-state index contributed by atoms with van der Waals surface area (Å²) in [6.45, 7) is 2.35. The molecule has 1 heterocycles. The van der Waals surface area contributed by atoms with Crippen LogP contribution in [0.15, 0.2) is 53.9 Å². The van der Waals surface area contributed by atoms with Crippen molar-refractivity contribution in [3.05, 3.63) is 53.9 Å². The third-order valence-electron chi connectivity index (χ3n) is 5.07. The van der Waals surface area contributed by atoms with Crippen LogP contribution >= 0.6 is 11.3 Å². The quantitative estimate of drug-likeness (QED) is 0.742. The first-order valence-electron chi connectivity index (χ1n) is 7.89. The number of allylic oxidation sites excluding steroid dienone is 2. The fraction of sp³-hybridized carbons (Fsp3) is 0.368. The van der Waals surface area contributed by atoms with Gasteiger partial charge in [0.1, 0.15) is 0 Å². The molecule has 4 unspecified atom stereocenters. The molecular formula is C19H21NS. The van der Waals surface area contributed by atoms with E-state index in [4.69, 9.17) is 0 Å². The number of benzene rings is 1. The van der Waals surface area contributed by atoms with Crippen molar-refractivity contribution >= 4 is 17.0 Å². The maximum Gasteiger partial charge on any atom is 0.0430 e. The highest BCUT2D eigenvalue weighted by Crippen LogP contribution is 2.45. The third kappa shape index (κ3) is 2.42. The van der Waals surface area contributed by atoms with E-state index in [-0.39, 0.29) is 0 Å². The molecule has 1 aromatic carbocycles. The minimum absolute atomic E-state index is 0.533. The summed E-state index contributed by atoms with van der Waals surface area (Å²) in [6, 6.07) is 13.6. The van der Waals surface area contributed by atoms with Gasteiger partial charge >= 0.3 is 0 Å². The molecule has 1 N–H and O–H groups in total. The van der Waals surface area contributed by atoms with Crippen molar-refractivity contribution in [2.24, 2.45) is 17.8 Å². The summed E-state index contributed by atoms with van der Waals surface area (Å²) in [5.74, 6) is 2.43. The van der Waals surface area contributed by atoms with Gasteiger partial charge in [0.25, 0.3) is 0 Å². The summed E-state index contributed by atoms with van der Waals surface area (Å²) >= 11 is 1.81. The summed E-state index contributed by atoms with van der Waals surface area (Å²) < 4.78 is 0. The third-order valence-corrected chi connectivity index (χ3v) is 5.97. The molecule has 0 radical (unpaired) electrons. The Morgan fingerprint density at radius 1 is 1.10 bits per heavy atom. The largest absolute Gasteiger partial charge is 0.382 e. The molecule has 2 aliphatic rings. The molecule has 0 saturated heterocycles. The average Bonchev–Trinajstić information content (AvgIpc) is 3.25. The Kier molecular flexibility index (Phi) is 3.34. The lowest BCUT2D eigenvalue weighted by molar-refractivity contribution is 0.400. The Labute approximate surface area is 130 Å². The van der Waals surface area contributed by atoms with E-state index in [1.54, 1.807) is 0 Å². The van der Waals surface area contributed by atoms with Gasteiger partial charge in [-0.15, -0.1) is 11.3 Å². The highest BCUT2D eigenvalue weighted by molar-refractivity contribution is 7.13. The molecule has 1 saturated carbocycles. The van der Waals surface area contributed by atoms with Crippen molar-refractivity contribution in [3.8, 4) is 10.4 Å². The topological polar surface area (TPSA) is 12.0 Å². The maximum absolute atomic E-state index is 3.80. The van der Waals surface area contributed by atoms with Gasteiger partial charge < -0.3 is 5.32 Å². The molecule has 108 valence electrons. The average molecular weight is 295 g/mol. The number of hydrogen-bond donors (Lipinski definition) is 1. The Bertz CT molecular complexity index is 643. The van der Waals surface area contributed by atoms with Gasteiger partial charge in [-0.3, -0.25) is 0 Å². The van der Waals surface area contributed by atoms with Gasteiger partial charge in [-0.1, -0.05) is 36.4 Å². The van der Waals surface area contributed by atoms with E-state index >= 15 is 0 Å². The van der Waals surface area contributed by atoms with E-state index in [9.17, 15) is 0 Å². The first-order chi connectivity index (χ1) is 10.3. The maximum atomic E-state index is 3.80. The van der Waals surface area contributed by atoms with E-state index in [1.165, 1.54) is 29.0 Å². The van der Waals surface area contributed by atoms with Gasteiger partial charge in [-0.25, -0.2) is 0 Å². The number of fused-ring (bicyclic) bond motifs is 2. The molecule has 1 fully saturated rings. The van der Waals surface area contributed by atoms with Crippen LogP contribution in [0.5, 0.6) is 0 Å². The zero-order chi connectivity index (χ0) is 14.2. The van der Waals surface area contributed by atoms with E-state index in [1.807, 2.05) is 11.3 Å². The summed E-state index contributed by atoms with van der Waals surface area (Å²) in [5, 5.41) is 5.95. The number of para-hydroxylation sites is 1. The van der Waals surface area contributed by atoms with Crippen LogP contribution in [0.3, 0.4) is 0 Å². The van der Waals surface area contributed by atoms with Gasteiger partial charge in [0.2, 0.25) is 0 Å². The standard InChI is InChI=1S/C19H21NS/c1-13(17-12-14-8-9-15(17)11-14)20-18-6-3-2-5-16(18)19-7-4-10-21-19/h2-10,13-15,17,20H,11-12H2,1H3. The molecular weight excluding hydrogens is 274 g/mol. The predicted octanol–water partition coefficient (Wildman–Crippen LogP) is 5.43. The molecule has 1 nitrogen and oxygen atoms in total. The molecule has 2 aliphatic carbocycles. The van der Waals surface area contributed by atoms with Crippen LogP contribution in [-0.2, 0) is 0 Å². The monoisotopic (exact) mass is 295 g/mol. The van der Waals surface area contributed by atoms with E-state index in [2.05, 4.69) is 66.2 Å². The molecule has 1 aromatic heterocycles. The van der Waals surface area contributed by atoms with E-state index in [0.29, 0.717) is 6.04 Å². The van der Waals surface area contributed by atoms with Crippen molar-refractivity contribution in [2.75, 3.05) is 5.32 Å². The van der Waals surface area contributed by atoms with Crippen molar-refractivity contribution in [1.82, 2.24) is 0 Å². The Balaban J connectivity index is 1.56. The van der Waals surface area contributed by atoms with Crippen molar-refractivity contribution in [3.63, 3.8) is 0 Å². The SMILES string of the molecule is CC(Nc1ccccc1-c1cccs1)C1CC2C=CC1C2. The molecule has 0 spiro atoms. The smallest absolute Gasteiger partial charge is 0.0430 e. The highest BCUT2D eigenvalue weighted by atomic mass is 32.1. The minimum Gasteiger partial charge on any atom is -0.382 e. The van der Waals surface area contributed by atoms with Gasteiger partial charge in [-0.05, 0) is 55.0 Å². The predicted molar refractivity (Wildman–Crippen MR) is 91.7 cm³/mol. The second-order valence-corrected chi connectivity index (χ2v) is 7.35. The minimum atomic E-state index is 0.533. The Hall–Kier alpha value is -1.54. The van der Waals surface area contributed by atoms with Crippen LogP contribution in [-0.4, -0.2) is 6.04 Å². The normalized spacial score (nSPS) is 28.0. The number of anilines is 1. The van der Waals surface area contributed by atoms with E-state index < -0.39 is 0 Å². The summed E-state index contributed by atoms with van der Waals surface area (Å²) in [6.07, 6.45) is 7.61. The number of nitrogens with one attached hydrogen (secondary N) is 1. The second kappa shape index (κ2) is 5.34. The Morgan fingerprint density at radius 2 is 2.00 bits per heavy atom. The van der Waals surface area contributed by atoms with Crippen LogP contribution in [0.1, 0.15) is 19.8 Å². The number of hydrogen-bond acceptors (Lipinski definition) is 2. The zero-order valence-corrected chi connectivity index (χ0v) is 13.1. The molecule has 4 rings (SSSR count). The van der Waals surface area contributed by atoms with Crippen LogP contribution in [0, 0.1) is 17.8 Å². The van der Waals surface area contributed by atoms with Crippen LogP contribution < -0.4 is 5.32 Å². The Morgan fingerprint density at radius 3 is 2.71 bits per heavy atom. The summed E-state index contributed by atoms with van der Waals surface area (Å²) in [5.41, 5.74) is 2.61. The molecule has 4 atom stereocenters. The van der Waals surface area contributed by atoms with Gasteiger partial charge in [0, 0.05) is 22.2 Å². The first-order valence-corrected chi connectivity index (χ1v) is 8.77. The number of rotatable bonds is 4. The fourth-order valence-electron chi connectivity index (χ4n) is 4.01. The van der Waals surface area contributed by atoms with Crippen molar-refractivity contribution in [1.29, 1.82) is 0 Å². The molecule has 21 heavy (non-hydrogen) atoms. The van der Waals surface area contributed by atoms with Crippen LogP contribution in [0.25, 0.3) is 10.4 Å². The number of thiophene rings is 1. The highest BCUT2D eigenvalue weighted by Gasteiger charge is 2.38. The molecule has 0 amide bonds. The second-order valence-electron chi connectivity index (χ2n) is 6.40. The fourth-order valence-corrected chi connectivity index (χ4v) is 4.77. The summed E-state index contributed by atoms with van der Waals surface area (Å²) in [4.78, 5) is 1.35. The molecule has 2 bridgehead atoms. The van der Waals surface area contributed by atoms with Crippen LogP contribution in [0.2, 0.25) is 0 Å². The molecule has 2 aromatic rings. The van der Waals surface area contributed by atoms with Gasteiger partial charge in [-0.2, -0.15) is 0 Å². The lowest BCUT2D eigenvalue weighted by atomic mass is 9.87. The van der Waals surface area contributed by atoms with Crippen molar-refractivity contribution in [2.45, 2.75) is 25.8 Å². The van der Waals surface area contributed by atoms with Crippen LogP contribution in [0.4, 0.5) is 5.69 Å². The lowest BCUT2D eigenvalue weighted by Crippen LogP contribution is -2.29. The molecule has 2 heteroatoms. The van der Waals surface area contributed by atoms with E-state index in [0.717, 1.165) is 17.8 Å². The lowest BCUT2D eigenvalue weighted by Gasteiger charge is -2.28. The van der Waals surface area contributed by atoms with Gasteiger partial charge in [0.05, 0.1) is 0 Å². The molecule has 0 aliphatic heterocycles. The van der Waals surface area contributed by atoms with Crippen molar-refractivity contribution < 1.29 is 0 Å².